The van der Waals surface area contributed by atoms with Gasteiger partial charge in [0, 0.05) is 37.2 Å². The van der Waals surface area contributed by atoms with Gasteiger partial charge in [-0.2, -0.15) is 0 Å². The number of hydrogen-bond acceptors (Lipinski definition) is 2. The predicted molar refractivity (Wildman–Crippen MR) is 292 cm³/mol. The molecule has 0 saturated heterocycles. The number of hydrogen-bond donors (Lipinski definition) is 0. The average Bonchev–Trinajstić information content (AvgIpc) is 4.05. The first-order valence-electron chi connectivity index (χ1n) is 23.8. The van der Waals surface area contributed by atoms with Crippen molar-refractivity contribution in [1.29, 1.82) is 0 Å². The maximum Gasteiger partial charge on any atom is 0.0726 e. The van der Waals surface area contributed by atoms with Gasteiger partial charge >= 0.3 is 0 Å². The molecule has 2 heteroatoms. The summed E-state index contributed by atoms with van der Waals surface area (Å²) in [5.41, 5.74) is 23.5. The number of nitrogens with zero attached hydrogens (tertiary/aromatic N) is 1. The molecule has 14 rings (SSSR count). The standard InChI is InChI=1S/C67H43NS/c1-4-16-44(17-5-1)46-28-30-47(31-29-46)49-34-38-52(39-35-49)68(51-36-32-48(33-37-51)45-18-6-2-7-19-45)53-40-41-57-62(42-53)69-63-43-61-65(64(66(57)63)50-20-8-3-9-21-50)56-24-12-15-27-60(56)67(61)58-25-13-10-22-54(58)55-23-11-14-26-59(55)67/h1-43H. The second kappa shape index (κ2) is 15.8. The number of anilines is 3. The minimum Gasteiger partial charge on any atom is -0.310 e. The van der Waals surface area contributed by atoms with Crippen LogP contribution in [0.3, 0.4) is 0 Å². The van der Waals surface area contributed by atoms with Crippen molar-refractivity contribution < 1.29 is 0 Å². The summed E-state index contributed by atoms with van der Waals surface area (Å²) < 4.78 is 2.56. The van der Waals surface area contributed by atoms with Crippen molar-refractivity contribution in [3.8, 4) is 66.8 Å². The smallest absolute Gasteiger partial charge is 0.0726 e. The minimum absolute atomic E-state index is 0.434. The third-order valence-electron chi connectivity index (χ3n) is 14.7. The molecule has 1 nitrogen and oxygen atoms in total. The highest BCUT2D eigenvalue weighted by atomic mass is 32.1. The summed E-state index contributed by atoms with van der Waals surface area (Å²) in [6, 6.07) is 96.5. The second-order valence-electron chi connectivity index (χ2n) is 18.3. The van der Waals surface area contributed by atoms with E-state index in [4.69, 9.17) is 0 Å². The Labute approximate surface area is 406 Å². The molecule has 1 heterocycles. The Morgan fingerprint density at radius 3 is 1.17 bits per heavy atom. The number of benzene rings is 11. The van der Waals surface area contributed by atoms with Crippen LogP contribution in [0.25, 0.3) is 86.9 Å². The fourth-order valence-electron chi connectivity index (χ4n) is 11.7. The largest absolute Gasteiger partial charge is 0.310 e. The molecular weight excluding hydrogens is 851 g/mol. The summed E-state index contributed by atoms with van der Waals surface area (Å²) in [5, 5.41) is 2.60. The maximum absolute atomic E-state index is 2.56. The molecular formula is C67H43NS. The minimum atomic E-state index is -0.434. The number of thiophene rings is 1. The highest BCUT2D eigenvalue weighted by Gasteiger charge is 2.52. The van der Waals surface area contributed by atoms with E-state index < -0.39 is 5.41 Å². The van der Waals surface area contributed by atoms with Crippen molar-refractivity contribution in [3.05, 3.63) is 283 Å². The van der Waals surface area contributed by atoms with E-state index in [0.29, 0.717) is 0 Å². The molecule has 0 saturated carbocycles. The highest BCUT2D eigenvalue weighted by molar-refractivity contribution is 7.26. The molecule has 0 radical (unpaired) electrons. The van der Waals surface area contributed by atoms with Crippen LogP contribution in [-0.2, 0) is 5.41 Å². The van der Waals surface area contributed by atoms with Gasteiger partial charge in [-0.3, -0.25) is 0 Å². The van der Waals surface area contributed by atoms with Gasteiger partial charge in [-0.1, -0.05) is 218 Å². The van der Waals surface area contributed by atoms with Crippen LogP contribution in [0.1, 0.15) is 22.3 Å². The summed E-state index contributed by atoms with van der Waals surface area (Å²) in [6.07, 6.45) is 0. The summed E-state index contributed by atoms with van der Waals surface area (Å²) in [5.74, 6) is 0. The van der Waals surface area contributed by atoms with Gasteiger partial charge in [0.15, 0.2) is 0 Å². The first-order valence-corrected chi connectivity index (χ1v) is 24.6. The first-order chi connectivity index (χ1) is 34.2. The number of fused-ring (bicyclic) bond motifs is 13. The van der Waals surface area contributed by atoms with Crippen LogP contribution >= 0.6 is 11.3 Å². The Bertz CT molecular complexity index is 3860. The second-order valence-corrected chi connectivity index (χ2v) is 19.4. The molecule has 0 bridgehead atoms. The molecule has 0 atom stereocenters. The third-order valence-corrected chi connectivity index (χ3v) is 15.8. The monoisotopic (exact) mass is 893 g/mol. The summed E-state index contributed by atoms with van der Waals surface area (Å²) >= 11 is 1.91. The van der Waals surface area contributed by atoms with Gasteiger partial charge in [0.1, 0.15) is 0 Å². The van der Waals surface area contributed by atoms with Gasteiger partial charge in [-0.15, -0.1) is 11.3 Å². The van der Waals surface area contributed by atoms with E-state index in [1.807, 2.05) is 11.3 Å². The van der Waals surface area contributed by atoms with E-state index in [1.54, 1.807) is 0 Å². The van der Waals surface area contributed by atoms with Gasteiger partial charge in [0.25, 0.3) is 0 Å². The molecule has 1 spiro atoms. The van der Waals surface area contributed by atoms with Crippen molar-refractivity contribution in [2.45, 2.75) is 5.41 Å². The topological polar surface area (TPSA) is 3.24 Å². The molecule has 0 unspecified atom stereocenters. The van der Waals surface area contributed by atoms with Crippen LogP contribution < -0.4 is 4.90 Å². The van der Waals surface area contributed by atoms with Gasteiger partial charge in [-0.05, 0) is 131 Å². The zero-order chi connectivity index (χ0) is 45.5. The highest BCUT2D eigenvalue weighted by Crippen LogP contribution is 2.65. The van der Waals surface area contributed by atoms with E-state index in [2.05, 4.69) is 266 Å². The van der Waals surface area contributed by atoms with Crippen LogP contribution in [0.4, 0.5) is 17.1 Å². The van der Waals surface area contributed by atoms with E-state index in [9.17, 15) is 0 Å². The quantitative estimate of drug-likeness (QED) is 0.154. The molecule has 2 aliphatic rings. The van der Waals surface area contributed by atoms with Crippen LogP contribution in [0.15, 0.2) is 261 Å². The Hall–Kier alpha value is -8.56. The molecule has 322 valence electrons. The molecule has 11 aromatic carbocycles. The van der Waals surface area contributed by atoms with E-state index in [1.165, 1.54) is 109 Å². The summed E-state index contributed by atoms with van der Waals surface area (Å²) in [7, 11) is 0. The Balaban J connectivity index is 0.954. The van der Waals surface area contributed by atoms with Crippen LogP contribution in [-0.4, -0.2) is 0 Å². The Kier molecular flexibility index (Phi) is 9.05. The molecule has 0 fully saturated rings. The molecule has 1 aromatic heterocycles. The fourth-order valence-corrected chi connectivity index (χ4v) is 12.9. The SMILES string of the molecule is c1ccc(-c2ccc(-c3ccc(N(c4ccc(-c5ccccc5)cc4)c4ccc5c(c4)sc4cc6c(c(-c7ccccc7)c45)-c4ccccc4C64c5ccccc5-c5ccccc54)cc3)cc2)cc1. The normalized spacial score (nSPS) is 12.8. The maximum atomic E-state index is 2.56. The number of rotatable bonds is 7. The Morgan fingerprint density at radius 1 is 0.275 bits per heavy atom. The van der Waals surface area contributed by atoms with Gasteiger partial charge in [-0.25, -0.2) is 0 Å². The van der Waals surface area contributed by atoms with Crippen LogP contribution in [0, 0.1) is 0 Å². The van der Waals surface area contributed by atoms with E-state index >= 15 is 0 Å². The molecule has 69 heavy (non-hydrogen) atoms. The lowest BCUT2D eigenvalue weighted by Crippen LogP contribution is -2.25. The lowest BCUT2D eigenvalue weighted by molar-refractivity contribution is 0.795. The van der Waals surface area contributed by atoms with Crippen LogP contribution in [0.5, 0.6) is 0 Å². The molecule has 2 aliphatic carbocycles. The summed E-state index contributed by atoms with van der Waals surface area (Å²) in [4.78, 5) is 2.41. The average molecular weight is 894 g/mol. The van der Waals surface area contributed by atoms with Crippen molar-refractivity contribution >= 4 is 48.6 Å². The van der Waals surface area contributed by atoms with Crippen molar-refractivity contribution in [3.63, 3.8) is 0 Å². The van der Waals surface area contributed by atoms with E-state index in [-0.39, 0.29) is 0 Å². The first kappa shape index (κ1) is 39.6. The zero-order valence-corrected chi connectivity index (χ0v) is 38.5. The van der Waals surface area contributed by atoms with Gasteiger partial charge < -0.3 is 4.90 Å². The molecule has 12 aromatic rings. The van der Waals surface area contributed by atoms with Gasteiger partial charge in [0.05, 0.1) is 5.41 Å². The van der Waals surface area contributed by atoms with Crippen molar-refractivity contribution in [1.82, 2.24) is 0 Å². The predicted octanol–water partition coefficient (Wildman–Crippen LogP) is 18.5. The zero-order valence-electron chi connectivity index (χ0n) is 37.7. The Morgan fingerprint density at radius 2 is 0.667 bits per heavy atom. The summed E-state index contributed by atoms with van der Waals surface area (Å²) in [6.45, 7) is 0. The third kappa shape index (κ3) is 6.09. The van der Waals surface area contributed by atoms with Crippen molar-refractivity contribution in [2.24, 2.45) is 0 Å². The molecule has 0 N–H and O–H groups in total. The fraction of sp³-hybridized carbons (Fsp3) is 0.0149. The molecule has 0 aliphatic heterocycles. The lowest BCUT2D eigenvalue weighted by atomic mass is 9.70. The van der Waals surface area contributed by atoms with E-state index in [0.717, 1.165) is 17.1 Å². The lowest BCUT2D eigenvalue weighted by Gasteiger charge is -2.30. The molecule has 0 amide bonds. The van der Waals surface area contributed by atoms with Gasteiger partial charge in [0.2, 0.25) is 0 Å². The van der Waals surface area contributed by atoms with Crippen molar-refractivity contribution in [2.75, 3.05) is 4.90 Å². The van der Waals surface area contributed by atoms with Crippen LogP contribution in [0.2, 0.25) is 0 Å².